The number of anilines is 1. The average Bonchev–Trinajstić information content (AvgIpc) is 2.79. The van der Waals surface area contributed by atoms with Crippen LogP contribution >= 0.6 is 0 Å². The number of nitrogens with one attached hydrogen (secondary N) is 1. The monoisotopic (exact) mass is 280 g/mol. The van der Waals surface area contributed by atoms with Crippen LogP contribution in [0.5, 0.6) is 0 Å². The average molecular weight is 280 g/mol. The first-order valence-corrected chi connectivity index (χ1v) is 5.99. The van der Waals surface area contributed by atoms with E-state index >= 15 is 0 Å². The Morgan fingerprint density at radius 1 is 1.45 bits per heavy atom. The van der Waals surface area contributed by atoms with Gasteiger partial charge in [0.2, 0.25) is 0 Å². The number of hydrogen-bond donors (Lipinski definition) is 2. The van der Waals surface area contributed by atoms with Gasteiger partial charge in [0, 0.05) is 12.7 Å². The first-order chi connectivity index (χ1) is 9.47. The Labute approximate surface area is 114 Å². The van der Waals surface area contributed by atoms with Gasteiger partial charge in [0.25, 0.3) is 5.91 Å². The van der Waals surface area contributed by atoms with Gasteiger partial charge in [-0.3, -0.25) is 9.48 Å². The Balaban J connectivity index is 1.98. The standard InChI is InChI=1S/C13H14F2N4O/c1-8-6-18-19(7-8)3-2-17-13(20)10-4-9(14)5-11(16)12(10)15/h4-7H,2-3,16H2,1H3,(H,17,20). The Morgan fingerprint density at radius 3 is 2.85 bits per heavy atom. The second-order valence-corrected chi connectivity index (χ2v) is 4.39. The lowest BCUT2D eigenvalue weighted by Crippen LogP contribution is -2.28. The number of aromatic nitrogens is 2. The van der Waals surface area contributed by atoms with Crippen LogP contribution < -0.4 is 11.1 Å². The van der Waals surface area contributed by atoms with E-state index in [2.05, 4.69) is 10.4 Å². The molecule has 2 rings (SSSR count). The number of carbonyl (C=O) groups excluding carboxylic acids is 1. The first kappa shape index (κ1) is 14.0. The molecule has 0 bridgehead atoms. The molecule has 0 fully saturated rings. The number of halogens is 2. The van der Waals surface area contributed by atoms with Gasteiger partial charge in [-0.25, -0.2) is 8.78 Å². The first-order valence-electron chi connectivity index (χ1n) is 5.99. The predicted octanol–water partition coefficient (Wildman–Crippen LogP) is 1.48. The molecule has 0 saturated carbocycles. The number of benzene rings is 1. The van der Waals surface area contributed by atoms with Crippen LogP contribution in [-0.4, -0.2) is 22.2 Å². The molecule has 1 heterocycles. The number of nitrogen functional groups attached to an aromatic ring is 1. The van der Waals surface area contributed by atoms with E-state index in [1.165, 1.54) is 0 Å². The third-order valence-corrected chi connectivity index (χ3v) is 2.70. The van der Waals surface area contributed by atoms with Gasteiger partial charge in [-0.1, -0.05) is 0 Å². The predicted molar refractivity (Wildman–Crippen MR) is 70.1 cm³/mol. The number of carbonyl (C=O) groups is 1. The molecule has 20 heavy (non-hydrogen) atoms. The number of nitrogens with two attached hydrogens (primary N) is 1. The second kappa shape index (κ2) is 5.68. The number of amides is 1. The zero-order chi connectivity index (χ0) is 14.7. The van der Waals surface area contributed by atoms with Gasteiger partial charge in [-0.2, -0.15) is 5.10 Å². The van der Waals surface area contributed by atoms with Crippen molar-refractivity contribution in [3.8, 4) is 0 Å². The van der Waals surface area contributed by atoms with E-state index in [9.17, 15) is 13.6 Å². The highest BCUT2D eigenvalue weighted by Gasteiger charge is 2.15. The molecule has 0 aliphatic carbocycles. The number of aryl methyl sites for hydroxylation is 1. The fourth-order valence-electron chi connectivity index (χ4n) is 1.74. The SMILES string of the molecule is Cc1cnn(CCNC(=O)c2cc(F)cc(N)c2F)c1. The molecule has 3 N–H and O–H groups in total. The molecule has 0 aliphatic rings. The van der Waals surface area contributed by atoms with Gasteiger partial charge >= 0.3 is 0 Å². The van der Waals surface area contributed by atoms with E-state index < -0.39 is 28.8 Å². The zero-order valence-corrected chi connectivity index (χ0v) is 10.9. The van der Waals surface area contributed by atoms with Crippen molar-refractivity contribution in [2.45, 2.75) is 13.5 Å². The molecule has 0 aliphatic heterocycles. The van der Waals surface area contributed by atoms with Crippen molar-refractivity contribution in [1.29, 1.82) is 0 Å². The molecule has 7 heteroatoms. The van der Waals surface area contributed by atoms with Crippen LogP contribution in [0.4, 0.5) is 14.5 Å². The van der Waals surface area contributed by atoms with Crippen LogP contribution in [0, 0.1) is 18.6 Å². The van der Waals surface area contributed by atoms with E-state index in [-0.39, 0.29) is 6.54 Å². The highest BCUT2D eigenvalue weighted by atomic mass is 19.1. The summed E-state index contributed by atoms with van der Waals surface area (Å²) in [6.07, 6.45) is 3.50. The molecule has 1 amide bonds. The molecule has 106 valence electrons. The third-order valence-electron chi connectivity index (χ3n) is 2.70. The highest BCUT2D eigenvalue weighted by Crippen LogP contribution is 2.17. The number of rotatable bonds is 4. The highest BCUT2D eigenvalue weighted by molar-refractivity contribution is 5.95. The minimum absolute atomic E-state index is 0.246. The van der Waals surface area contributed by atoms with Crippen molar-refractivity contribution in [2.75, 3.05) is 12.3 Å². The Bertz CT molecular complexity index is 639. The van der Waals surface area contributed by atoms with Gasteiger partial charge in [0.15, 0.2) is 5.82 Å². The van der Waals surface area contributed by atoms with Gasteiger partial charge in [0.1, 0.15) is 5.82 Å². The maximum Gasteiger partial charge on any atom is 0.254 e. The minimum Gasteiger partial charge on any atom is -0.396 e. The van der Waals surface area contributed by atoms with Crippen molar-refractivity contribution >= 4 is 11.6 Å². The maximum atomic E-state index is 13.6. The van der Waals surface area contributed by atoms with Crippen molar-refractivity contribution in [3.05, 3.63) is 47.3 Å². The lowest BCUT2D eigenvalue weighted by Gasteiger charge is -2.08. The van der Waals surface area contributed by atoms with E-state index in [1.54, 1.807) is 10.9 Å². The summed E-state index contributed by atoms with van der Waals surface area (Å²) in [5.74, 6) is -2.38. The molecule has 0 radical (unpaired) electrons. The quantitative estimate of drug-likeness (QED) is 0.833. The van der Waals surface area contributed by atoms with Crippen LogP contribution in [0.1, 0.15) is 15.9 Å². The molecule has 2 aromatic rings. The molecule has 1 aromatic carbocycles. The van der Waals surface area contributed by atoms with E-state index in [0.29, 0.717) is 6.54 Å². The Morgan fingerprint density at radius 2 is 2.20 bits per heavy atom. The van der Waals surface area contributed by atoms with Crippen molar-refractivity contribution < 1.29 is 13.6 Å². The lowest BCUT2D eigenvalue weighted by molar-refractivity contribution is 0.0947. The zero-order valence-electron chi connectivity index (χ0n) is 10.9. The van der Waals surface area contributed by atoms with Crippen molar-refractivity contribution in [1.82, 2.24) is 15.1 Å². The summed E-state index contributed by atoms with van der Waals surface area (Å²) in [4.78, 5) is 11.8. The second-order valence-electron chi connectivity index (χ2n) is 4.39. The van der Waals surface area contributed by atoms with Crippen LogP contribution in [0.3, 0.4) is 0 Å². The van der Waals surface area contributed by atoms with Crippen LogP contribution in [0.25, 0.3) is 0 Å². The fourth-order valence-corrected chi connectivity index (χ4v) is 1.74. The molecule has 0 saturated heterocycles. The third kappa shape index (κ3) is 3.11. The normalized spacial score (nSPS) is 10.6. The van der Waals surface area contributed by atoms with Crippen molar-refractivity contribution in [2.24, 2.45) is 0 Å². The summed E-state index contributed by atoms with van der Waals surface area (Å²) in [6, 6.07) is 1.65. The molecule has 5 nitrogen and oxygen atoms in total. The molecule has 0 atom stereocenters. The summed E-state index contributed by atoms with van der Waals surface area (Å²) in [7, 11) is 0. The van der Waals surface area contributed by atoms with E-state index in [0.717, 1.165) is 17.7 Å². The van der Waals surface area contributed by atoms with Crippen LogP contribution in [0.2, 0.25) is 0 Å². The summed E-state index contributed by atoms with van der Waals surface area (Å²) in [5, 5.41) is 6.53. The smallest absolute Gasteiger partial charge is 0.254 e. The lowest BCUT2D eigenvalue weighted by atomic mass is 10.1. The molecule has 0 unspecified atom stereocenters. The maximum absolute atomic E-state index is 13.6. The summed E-state index contributed by atoms with van der Waals surface area (Å²) in [6.45, 7) is 2.58. The Hall–Kier alpha value is -2.44. The summed E-state index contributed by atoms with van der Waals surface area (Å²) in [5.41, 5.74) is 5.48. The van der Waals surface area contributed by atoms with Crippen LogP contribution in [-0.2, 0) is 6.54 Å². The Kier molecular flexibility index (Phi) is 3.97. The van der Waals surface area contributed by atoms with E-state index in [1.807, 2.05) is 13.1 Å². The number of nitrogens with zero attached hydrogens (tertiary/aromatic N) is 2. The molecular formula is C13H14F2N4O. The van der Waals surface area contributed by atoms with Crippen molar-refractivity contribution in [3.63, 3.8) is 0 Å². The topological polar surface area (TPSA) is 72.9 Å². The molecule has 1 aromatic heterocycles. The minimum atomic E-state index is -0.918. The largest absolute Gasteiger partial charge is 0.396 e. The van der Waals surface area contributed by atoms with Gasteiger partial charge in [0.05, 0.1) is 24.0 Å². The van der Waals surface area contributed by atoms with Crippen LogP contribution in [0.15, 0.2) is 24.5 Å². The summed E-state index contributed by atoms with van der Waals surface area (Å²) >= 11 is 0. The van der Waals surface area contributed by atoms with Gasteiger partial charge < -0.3 is 11.1 Å². The summed E-state index contributed by atoms with van der Waals surface area (Å²) < 4.78 is 28.4. The fraction of sp³-hybridized carbons (Fsp3) is 0.231. The molecule has 0 spiro atoms. The van der Waals surface area contributed by atoms with Gasteiger partial charge in [-0.05, 0) is 24.6 Å². The number of hydrogen-bond acceptors (Lipinski definition) is 3. The van der Waals surface area contributed by atoms with Gasteiger partial charge in [-0.15, -0.1) is 0 Å². The molecular weight excluding hydrogens is 266 g/mol. The van der Waals surface area contributed by atoms with E-state index in [4.69, 9.17) is 5.73 Å².